The molecule has 0 aromatic heterocycles. The summed E-state index contributed by atoms with van der Waals surface area (Å²) in [5.41, 5.74) is 1.36. The smallest absolute Gasteiger partial charge is 0.247 e. The van der Waals surface area contributed by atoms with E-state index in [1.54, 1.807) is 18.0 Å². The molecule has 1 aliphatic rings. The Hall–Kier alpha value is -2.66. The molecule has 0 radical (unpaired) electrons. The number of likely N-dealkylation sites (tertiary alicyclic amines) is 1. The number of halogens is 2. The van der Waals surface area contributed by atoms with Gasteiger partial charge in [-0.25, -0.2) is 4.39 Å². The first-order valence-corrected chi connectivity index (χ1v) is 9.07. The number of hydrogen-bond donors (Lipinski definition) is 1. The molecular weight excluding hydrogens is 367 g/mol. The fraction of sp³-hybridized carbons (Fsp3) is 0.238. The van der Waals surface area contributed by atoms with Gasteiger partial charge in [0.2, 0.25) is 11.8 Å². The van der Waals surface area contributed by atoms with Crippen molar-refractivity contribution in [2.24, 2.45) is 0 Å². The minimum Gasteiger partial charge on any atom is -0.357 e. The zero-order valence-corrected chi connectivity index (χ0v) is 15.6. The average Bonchev–Trinajstić information content (AvgIpc) is 3.13. The van der Waals surface area contributed by atoms with Crippen LogP contribution in [0.2, 0.25) is 5.02 Å². The zero-order chi connectivity index (χ0) is 19.4. The maximum atomic E-state index is 13.9. The Bertz CT molecular complexity index is 870. The summed E-state index contributed by atoms with van der Waals surface area (Å²) in [6, 6.07) is 13.5. The van der Waals surface area contributed by atoms with Crippen LogP contribution >= 0.6 is 11.6 Å². The molecule has 0 aliphatic carbocycles. The van der Waals surface area contributed by atoms with Crippen molar-refractivity contribution in [2.45, 2.75) is 18.4 Å². The van der Waals surface area contributed by atoms with Gasteiger partial charge < -0.3 is 10.2 Å². The second-order valence-electron chi connectivity index (χ2n) is 6.46. The molecule has 0 spiro atoms. The molecule has 2 aromatic rings. The normalized spacial score (nSPS) is 19.4. The molecule has 1 heterocycles. The summed E-state index contributed by atoms with van der Waals surface area (Å²) in [6.07, 6.45) is 3.26. The third-order valence-electron chi connectivity index (χ3n) is 4.77. The lowest BCUT2D eigenvalue weighted by Gasteiger charge is -2.21. The number of benzene rings is 2. The van der Waals surface area contributed by atoms with Crippen molar-refractivity contribution in [3.63, 3.8) is 0 Å². The van der Waals surface area contributed by atoms with Gasteiger partial charge in [-0.15, -0.1) is 0 Å². The number of rotatable bonds is 4. The Labute approximate surface area is 162 Å². The van der Waals surface area contributed by atoms with Crippen molar-refractivity contribution in [1.29, 1.82) is 0 Å². The van der Waals surface area contributed by atoms with Crippen LogP contribution in [0.5, 0.6) is 0 Å². The fourth-order valence-electron chi connectivity index (χ4n) is 3.35. The molecule has 4 nitrogen and oxygen atoms in total. The van der Waals surface area contributed by atoms with Crippen molar-refractivity contribution in [3.05, 3.63) is 76.6 Å². The summed E-state index contributed by atoms with van der Waals surface area (Å²) < 4.78 is 13.9. The summed E-state index contributed by atoms with van der Waals surface area (Å²) in [7, 11) is 1.56. The van der Waals surface area contributed by atoms with Crippen molar-refractivity contribution >= 4 is 29.5 Å². The van der Waals surface area contributed by atoms with E-state index in [1.165, 1.54) is 24.3 Å². The first-order chi connectivity index (χ1) is 13.0. The third kappa shape index (κ3) is 4.37. The molecule has 1 saturated heterocycles. The Balaban J connectivity index is 1.80. The highest BCUT2D eigenvalue weighted by molar-refractivity contribution is 6.30. The van der Waals surface area contributed by atoms with E-state index in [1.807, 2.05) is 30.3 Å². The van der Waals surface area contributed by atoms with E-state index in [2.05, 4.69) is 5.32 Å². The standard InChI is InChI=1S/C21H20ClFN2O2/c1-24-21(27)19-11-16(14-5-3-2-4-6-14)13-25(19)20(26)10-8-15-7-9-17(22)12-18(15)23/h2-10,12,16,19H,11,13H2,1H3,(H,24,27)/b10-8+/t16-,19+/m1/s1. The van der Waals surface area contributed by atoms with Gasteiger partial charge in [0.25, 0.3) is 0 Å². The van der Waals surface area contributed by atoms with E-state index in [9.17, 15) is 14.0 Å². The van der Waals surface area contributed by atoms with Crippen LogP contribution in [-0.2, 0) is 9.59 Å². The summed E-state index contributed by atoms with van der Waals surface area (Å²) in [5, 5.41) is 2.91. The first kappa shape index (κ1) is 19.1. The van der Waals surface area contributed by atoms with E-state index in [4.69, 9.17) is 11.6 Å². The number of nitrogens with one attached hydrogen (secondary N) is 1. The maximum absolute atomic E-state index is 13.9. The van der Waals surface area contributed by atoms with Crippen molar-refractivity contribution in [2.75, 3.05) is 13.6 Å². The van der Waals surface area contributed by atoms with E-state index in [-0.39, 0.29) is 23.3 Å². The highest BCUT2D eigenvalue weighted by Crippen LogP contribution is 2.32. The van der Waals surface area contributed by atoms with Gasteiger partial charge >= 0.3 is 0 Å². The van der Waals surface area contributed by atoms with Crippen molar-refractivity contribution in [3.8, 4) is 0 Å². The lowest BCUT2D eigenvalue weighted by Crippen LogP contribution is -2.44. The number of nitrogens with zero attached hydrogens (tertiary/aromatic N) is 1. The third-order valence-corrected chi connectivity index (χ3v) is 5.01. The predicted molar refractivity (Wildman–Crippen MR) is 104 cm³/mol. The molecule has 27 heavy (non-hydrogen) atoms. The second-order valence-corrected chi connectivity index (χ2v) is 6.90. The highest BCUT2D eigenvalue weighted by atomic mass is 35.5. The first-order valence-electron chi connectivity index (χ1n) is 8.70. The van der Waals surface area contributed by atoms with Gasteiger partial charge in [-0.2, -0.15) is 0 Å². The van der Waals surface area contributed by atoms with Crippen molar-refractivity contribution in [1.82, 2.24) is 10.2 Å². The van der Waals surface area contributed by atoms with E-state index >= 15 is 0 Å². The summed E-state index contributed by atoms with van der Waals surface area (Å²) in [4.78, 5) is 26.5. The topological polar surface area (TPSA) is 49.4 Å². The molecule has 3 rings (SSSR count). The van der Waals surface area contributed by atoms with Gasteiger partial charge in [-0.3, -0.25) is 9.59 Å². The minimum absolute atomic E-state index is 0.0816. The summed E-state index contributed by atoms with van der Waals surface area (Å²) in [5.74, 6) is -0.944. The SMILES string of the molecule is CNC(=O)[C@@H]1C[C@@H](c2ccccc2)CN1C(=O)/C=C/c1ccc(Cl)cc1F. The van der Waals surface area contributed by atoms with Gasteiger partial charge in [-0.05, 0) is 30.2 Å². The van der Waals surface area contributed by atoms with Gasteiger partial charge in [0.1, 0.15) is 11.9 Å². The summed E-state index contributed by atoms with van der Waals surface area (Å²) in [6.45, 7) is 0.439. The summed E-state index contributed by atoms with van der Waals surface area (Å²) >= 11 is 5.74. The van der Waals surface area contributed by atoms with E-state index in [0.29, 0.717) is 18.0 Å². The van der Waals surface area contributed by atoms with E-state index < -0.39 is 11.9 Å². The average molecular weight is 387 g/mol. The number of carbonyl (C=O) groups is 2. The molecule has 2 amide bonds. The maximum Gasteiger partial charge on any atom is 0.247 e. The Morgan fingerprint density at radius 1 is 1.22 bits per heavy atom. The van der Waals surface area contributed by atoms with Crippen LogP contribution in [-0.4, -0.2) is 36.3 Å². The monoisotopic (exact) mass is 386 g/mol. The predicted octanol–water partition coefficient (Wildman–Crippen LogP) is 3.62. The van der Waals surface area contributed by atoms with Gasteiger partial charge in [0.15, 0.2) is 0 Å². The van der Waals surface area contributed by atoms with Gasteiger partial charge in [0, 0.05) is 36.2 Å². The Morgan fingerprint density at radius 3 is 2.63 bits per heavy atom. The van der Waals surface area contributed by atoms with Gasteiger partial charge in [-0.1, -0.05) is 48.0 Å². The highest BCUT2D eigenvalue weighted by Gasteiger charge is 2.38. The Kier molecular flexibility index (Phi) is 5.91. The van der Waals surface area contributed by atoms with Crippen LogP contribution in [0.1, 0.15) is 23.5 Å². The molecule has 2 aromatic carbocycles. The lowest BCUT2D eigenvalue weighted by molar-refractivity contribution is -0.134. The molecule has 0 bridgehead atoms. The van der Waals surface area contributed by atoms with Gasteiger partial charge in [0.05, 0.1) is 0 Å². The minimum atomic E-state index is -0.549. The molecule has 1 fully saturated rings. The molecule has 6 heteroatoms. The molecule has 2 atom stereocenters. The largest absolute Gasteiger partial charge is 0.357 e. The van der Waals surface area contributed by atoms with Crippen LogP contribution < -0.4 is 5.32 Å². The Morgan fingerprint density at radius 2 is 1.96 bits per heavy atom. The van der Waals surface area contributed by atoms with Crippen LogP contribution in [0.25, 0.3) is 6.08 Å². The van der Waals surface area contributed by atoms with E-state index in [0.717, 1.165) is 5.56 Å². The van der Waals surface area contributed by atoms with Crippen molar-refractivity contribution < 1.29 is 14.0 Å². The number of amides is 2. The number of likely N-dealkylation sites (N-methyl/N-ethyl adjacent to an activating group) is 1. The molecule has 0 unspecified atom stereocenters. The zero-order valence-electron chi connectivity index (χ0n) is 14.9. The van der Waals surface area contributed by atoms with Crippen LogP contribution in [0.15, 0.2) is 54.6 Å². The lowest BCUT2D eigenvalue weighted by atomic mass is 9.96. The molecule has 1 N–H and O–H groups in total. The fourth-order valence-corrected chi connectivity index (χ4v) is 3.51. The van der Waals surface area contributed by atoms with Crippen LogP contribution in [0, 0.1) is 5.82 Å². The molecule has 140 valence electrons. The molecule has 1 aliphatic heterocycles. The quantitative estimate of drug-likeness (QED) is 0.816. The number of hydrogen-bond acceptors (Lipinski definition) is 2. The molecule has 0 saturated carbocycles. The molecular formula is C21H20ClFN2O2. The van der Waals surface area contributed by atoms with Crippen LogP contribution in [0.4, 0.5) is 4.39 Å². The van der Waals surface area contributed by atoms with Crippen LogP contribution in [0.3, 0.4) is 0 Å². The second kappa shape index (κ2) is 8.35. The number of carbonyl (C=O) groups excluding carboxylic acids is 2.